The number of nitrogens with zero attached hydrogens (tertiary/aromatic N) is 2. The largest absolute Gasteiger partial charge is 0.454 e. The number of hydrogen-bond acceptors (Lipinski definition) is 4. The molecule has 0 atom stereocenters. The highest BCUT2D eigenvalue weighted by molar-refractivity contribution is 6.37. The first kappa shape index (κ1) is 21.0. The van der Waals surface area contributed by atoms with Crippen molar-refractivity contribution in [1.82, 2.24) is 9.55 Å². The molecule has 0 amide bonds. The predicted octanol–water partition coefficient (Wildman–Crippen LogP) is 5.54. The van der Waals surface area contributed by atoms with Gasteiger partial charge in [-0.05, 0) is 30.3 Å². The van der Waals surface area contributed by atoms with Crippen molar-refractivity contribution in [2.75, 3.05) is 5.73 Å². The Morgan fingerprint density at radius 1 is 1.00 bits per heavy atom. The van der Waals surface area contributed by atoms with Crippen LogP contribution in [-0.4, -0.2) is 9.55 Å². The third kappa shape index (κ3) is 4.17. The zero-order valence-corrected chi connectivity index (χ0v) is 17.0. The first-order valence-corrected chi connectivity index (χ1v) is 9.53. The molecule has 0 aliphatic carbocycles. The molecular formula is C21H12Cl2F3N3O2. The lowest BCUT2D eigenvalue weighted by molar-refractivity contribution is 0.483. The molecule has 0 radical (unpaired) electrons. The highest BCUT2D eigenvalue weighted by Gasteiger charge is 2.15. The Labute approximate surface area is 183 Å². The maximum absolute atomic E-state index is 14.1. The quantitative estimate of drug-likeness (QED) is 0.401. The monoisotopic (exact) mass is 465 g/mol. The molecule has 4 aromatic rings. The summed E-state index contributed by atoms with van der Waals surface area (Å²) < 4.78 is 48.4. The number of benzene rings is 3. The average molecular weight is 466 g/mol. The fraction of sp³-hybridized carbons (Fsp3) is 0.0476. The van der Waals surface area contributed by atoms with Gasteiger partial charge in [0.15, 0.2) is 5.75 Å². The van der Waals surface area contributed by atoms with Crippen molar-refractivity contribution in [2.45, 2.75) is 6.54 Å². The lowest BCUT2D eigenvalue weighted by Crippen LogP contribution is -2.14. The molecular weight excluding hydrogens is 454 g/mol. The summed E-state index contributed by atoms with van der Waals surface area (Å²) >= 11 is 12.3. The van der Waals surface area contributed by atoms with Gasteiger partial charge in [0.1, 0.15) is 23.2 Å². The molecule has 0 spiro atoms. The number of aromatic nitrogens is 2. The van der Waals surface area contributed by atoms with Gasteiger partial charge in [0, 0.05) is 23.4 Å². The van der Waals surface area contributed by atoms with E-state index in [1.807, 2.05) is 0 Å². The number of nitrogens with two attached hydrogens (primary N) is 1. The topological polar surface area (TPSA) is 70.1 Å². The SMILES string of the molecule is Nc1cc(Cl)c(Oc2ccc3c(c2)c(=O)ncn3Cc2c(F)cc(F)cc2F)c(Cl)c1. The summed E-state index contributed by atoms with van der Waals surface area (Å²) in [6.45, 7) is -0.308. The molecule has 31 heavy (non-hydrogen) atoms. The molecule has 4 rings (SSSR count). The molecule has 3 aromatic carbocycles. The summed E-state index contributed by atoms with van der Waals surface area (Å²) in [6.07, 6.45) is 1.15. The molecule has 1 heterocycles. The van der Waals surface area contributed by atoms with Crippen molar-refractivity contribution in [3.63, 3.8) is 0 Å². The van der Waals surface area contributed by atoms with Gasteiger partial charge in [0.2, 0.25) is 0 Å². The minimum Gasteiger partial charge on any atom is -0.454 e. The van der Waals surface area contributed by atoms with Gasteiger partial charge in [-0.1, -0.05) is 23.2 Å². The molecule has 0 aliphatic rings. The van der Waals surface area contributed by atoms with E-state index < -0.39 is 23.0 Å². The summed E-state index contributed by atoms with van der Waals surface area (Å²) in [4.78, 5) is 16.0. The van der Waals surface area contributed by atoms with E-state index in [1.165, 1.54) is 34.9 Å². The van der Waals surface area contributed by atoms with Crippen molar-refractivity contribution in [3.05, 3.63) is 92.2 Å². The molecule has 5 nitrogen and oxygen atoms in total. The van der Waals surface area contributed by atoms with E-state index in [0.29, 0.717) is 23.3 Å². The van der Waals surface area contributed by atoms with Gasteiger partial charge < -0.3 is 15.0 Å². The fourth-order valence-electron chi connectivity index (χ4n) is 3.07. The molecule has 0 fully saturated rings. The molecule has 0 bridgehead atoms. The van der Waals surface area contributed by atoms with Crippen LogP contribution in [0.1, 0.15) is 5.56 Å². The Bertz CT molecular complexity index is 1350. The van der Waals surface area contributed by atoms with Crippen LogP contribution in [0, 0.1) is 17.5 Å². The van der Waals surface area contributed by atoms with Crippen LogP contribution in [0.5, 0.6) is 11.5 Å². The van der Waals surface area contributed by atoms with Crippen LogP contribution >= 0.6 is 23.2 Å². The van der Waals surface area contributed by atoms with Gasteiger partial charge in [-0.2, -0.15) is 4.98 Å². The minimum absolute atomic E-state index is 0.130. The van der Waals surface area contributed by atoms with E-state index in [0.717, 1.165) is 6.33 Å². The number of anilines is 1. The summed E-state index contributed by atoms with van der Waals surface area (Å²) in [5, 5.41) is 0.484. The third-order valence-corrected chi connectivity index (χ3v) is 5.06. The van der Waals surface area contributed by atoms with Crippen LogP contribution in [0.15, 0.2) is 53.6 Å². The van der Waals surface area contributed by atoms with Gasteiger partial charge in [-0.15, -0.1) is 0 Å². The van der Waals surface area contributed by atoms with E-state index in [-0.39, 0.29) is 39.0 Å². The second-order valence-corrected chi connectivity index (χ2v) is 7.43. The first-order valence-electron chi connectivity index (χ1n) is 8.78. The first-order chi connectivity index (χ1) is 14.7. The Morgan fingerprint density at radius 3 is 2.29 bits per heavy atom. The molecule has 0 saturated heterocycles. The molecule has 1 aromatic heterocycles. The second kappa shape index (κ2) is 8.13. The van der Waals surface area contributed by atoms with E-state index in [1.54, 1.807) is 0 Å². The Kier molecular flexibility index (Phi) is 5.51. The Balaban J connectivity index is 1.75. The van der Waals surface area contributed by atoms with Gasteiger partial charge in [0.25, 0.3) is 5.56 Å². The zero-order valence-electron chi connectivity index (χ0n) is 15.5. The summed E-state index contributed by atoms with van der Waals surface area (Å²) in [7, 11) is 0. The minimum atomic E-state index is -1.04. The number of nitrogen functional groups attached to an aromatic ring is 1. The average Bonchev–Trinajstić information content (AvgIpc) is 2.69. The summed E-state index contributed by atoms with van der Waals surface area (Å²) in [5.74, 6) is -2.73. The van der Waals surface area contributed by atoms with Gasteiger partial charge in [-0.3, -0.25) is 4.79 Å². The van der Waals surface area contributed by atoms with Crippen molar-refractivity contribution < 1.29 is 17.9 Å². The number of rotatable bonds is 4. The molecule has 0 saturated carbocycles. The summed E-state index contributed by atoms with van der Waals surface area (Å²) in [6, 6.07) is 8.55. The van der Waals surface area contributed by atoms with Gasteiger partial charge in [0.05, 0.1) is 33.8 Å². The van der Waals surface area contributed by atoms with Crippen molar-refractivity contribution in [2.24, 2.45) is 0 Å². The van der Waals surface area contributed by atoms with Crippen LogP contribution in [0.2, 0.25) is 10.0 Å². The van der Waals surface area contributed by atoms with E-state index >= 15 is 0 Å². The lowest BCUT2D eigenvalue weighted by atomic mass is 10.1. The summed E-state index contributed by atoms with van der Waals surface area (Å²) in [5.41, 5.74) is 5.42. The Morgan fingerprint density at radius 2 is 1.65 bits per heavy atom. The highest BCUT2D eigenvalue weighted by Crippen LogP contribution is 2.38. The Hall–Kier alpha value is -3.23. The number of ether oxygens (including phenoxy) is 1. The zero-order chi connectivity index (χ0) is 22.3. The normalized spacial score (nSPS) is 11.1. The number of hydrogen-bond donors (Lipinski definition) is 1. The number of fused-ring (bicyclic) bond motifs is 1. The second-order valence-electron chi connectivity index (χ2n) is 6.62. The van der Waals surface area contributed by atoms with Crippen LogP contribution in [-0.2, 0) is 6.54 Å². The molecule has 2 N–H and O–H groups in total. The smallest absolute Gasteiger partial charge is 0.280 e. The van der Waals surface area contributed by atoms with E-state index in [4.69, 9.17) is 33.7 Å². The van der Waals surface area contributed by atoms with Crippen LogP contribution in [0.4, 0.5) is 18.9 Å². The third-order valence-electron chi connectivity index (χ3n) is 4.50. The maximum Gasteiger partial charge on any atom is 0.280 e. The van der Waals surface area contributed by atoms with Gasteiger partial charge in [-0.25, -0.2) is 13.2 Å². The van der Waals surface area contributed by atoms with E-state index in [2.05, 4.69) is 4.98 Å². The fourth-order valence-corrected chi connectivity index (χ4v) is 3.65. The lowest BCUT2D eigenvalue weighted by Gasteiger charge is -2.14. The molecule has 0 unspecified atom stereocenters. The van der Waals surface area contributed by atoms with Crippen molar-refractivity contribution in [1.29, 1.82) is 0 Å². The molecule has 158 valence electrons. The molecule has 10 heteroatoms. The van der Waals surface area contributed by atoms with Crippen molar-refractivity contribution >= 4 is 39.8 Å². The van der Waals surface area contributed by atoms with Crippen LogP contribution in [0.3, 0.4) is 0 Å². The van der Waals surface area contributed by atoms with Crippen LogP contribution < -0.4 is 16.0 Å². The number of halogens is 5. The van der Waals surface area contributed by atoms with Crippen LogP contribution in [0.25, 0.3) is 10.9 Å². The predicted molar refractivity (Wildman–Crippen MR) is 112 cm³/mol. The standard InChI is InChI=1S/C21H12Cl2F3N3O2/c22-15-5-11(27)6-16(23)20(15)31-12-1-2-19-13(7-12)21(30)28-9-29(19)8-14-17(25)3-10(24)4-18(14)26/h1-7,9H,8,27H2. The van der Waals surface area contributed by atoms with Crippen molar-refractivity contribution in [3.8, 4) is 11.5 Å². The maximum atomic E-state index is 14.1. The molecule has 0 aliphatic heterocycles. The van der Waals surface area contributed by atoms with Gasteiger partial charge >= 0.3 is 0 Å². The van der Waals surface area contributed by atoms with E-state index in [9.17, 15) is 18.0 Å². The highest BCUT2D eigenvalue weighted by atomic mass is 35.5.